The summed E-state index contributed by atoms with van der Waals surface area (Å²) in [7, 11) is 0. The molecule has 35 heavy (non-hydrogen) atoms. The number of hydrogen-bond donors (Lipinski definition) is 0. The summed E-state index contributed by atoms with van der Waals surface area (Å²) < 4.78 is 90.4. The lowest BCUT2D eigenvalue weighted by molar-refractivity contribution is -0.143. The number of pyridine rings is 1. The Bertz CT molecular complexity index is 986. The molecule has 5 nitrogen and oxygen atoms in total. The second kappa shape index (κ2) is 10.0. The Labute approximate surface area is 199 Å². The molecule has 1 amide bonds. The summed E-state index contributed by atoms with van der Waals surface area (Å²) in [6.45, 7) is 5.17. The molecule has 1 aliphatic rings. The molecule has 1 aromatic heterocycles. The summed E-state index contributed by atoms with van der Waals surface area (Å²) in [5.74, 6) is -0.453. The van der Waals surface area contributed by atoms with Gasteiger partial charge in [0, 0.05) is 30.9 Å². The van der Waals surface area contributed by atoms with E-state index >= 15 is 0 Å². The normalized spacial score (nSPS) is 19.5. The van der Waals surface area contributed by atoms with Crippen molar-refractivity contribution in [2.45, 2.75) is 63.8 Å². The minimum absolute atomic E-state index is 0.0828. The Morgan fingerprint density at radius 1 is 1.03 bits per heavy atom. The average Bonchev–Trinajstić information content (AvgIpc) is 2.75. The van der Waals surface area contributed by atoms with Crippen molar-refractivity contribution in [3.63, 3.8) is 0 Å². The third-order valence-electron chi connectivity index (χ3n) is 5.38. The molecule has 2 atom stereocenters. The summed E-state index contributed by atoms with van der Waals surface area (Å²) in [4.78, 5) is 18.4. The molecular formula is C24H26F6N2O3. The van der Waals surface area contributed by atoms with Crippen LogP contribution in [0.5, 0.6) is 0 Å². The zero-order valence-corrected chi connectivity index (χ0v) is 19.4. The van der Waals surface area contributed by atoms with E-state index in [1.807, 2.05) is 0 Å². The first kappa shape index (κ1) is 26.8. The molecule has 0 aliphatic carbocycles. The van der Waals surface area contributed by atoms with E-state index in [0.717, 1.165) is 0 Å². The number of hydrogen-bond acceptors (Lipinski definition) is 4. The Kier molecular flexibility index (Phi) is 7.68. The van der Waals surface area contributed by atoms with Crippen LogP contribution in [0.3, 0.4) is 0 Å². The van der Waals surface area contributed by atoms with E-state index in [-0.39, 0.29) is 24.7 Å². The highest BCUT2D eigenvalue weighted by atomic mass is 19.4. The SMILES string of the molecule is CC(C)(C)OC(=O)N1CCC(OCc2cc(C(F)(F)F)cc(C(F)(F)F)c2)C(c2ccccn2)C1. The lowest BCUT2D eigenvalue weighted by atomic mass is 9.91. The highest BCUT2D eigenvalue weighted by Gasteiger charge is 2.38. The van der Waals surface area contributed by atoms with Gasteiger partial charge in [-0.15, -0.1) is 0 Å². The zero-order chi connectivity index (χ0) is 26.0. The van der Waals surface area contributed by atoms with Crippen molar-refractivity contribution < 1.29 is 40.6 Å². The summed E-state index contributed by atoms with van der Waals surface area (Å²) >= 11 is 0. The highest BCUT2D eigenvalue weighted by Crippen LogP contribution is 2.37. The van der Waals surface area contributed by atoms with E-state index in [1.165, 1.54) is 4.90 Å². The van der Waals surface area contributed by atoms with Gasteiger partial charge >= 0.3 is 18.4 Å². The zero-order valence-electron chi connectivity index (χ0n) is 19.4. The van der Waals surface area contributed by atoms with Crippen LogP contribution in [-0.4, -0.2) is 40.8 Å². The van der Waals surface area contributed by atoms with E-state index < -0.39 is 53.8 Å². The number of ether oxygens (including phenoxy) is 2. The minimum atomic E-state index is -4.94. The largest absolute Gasteiger partial charge is 0.444 e. The monoisotopic (exact) mass is 504 g/mol. The molecule has 1 saturated heterocycles. The van der Waals surface area contributed by atoms with Gasteiger partial charge in [0.1, 0.15) is 5.60 Å². The number of carbonyl (C=O) groups excluding carboxylic acids is 1. The van der Waals surface area contributed by atoms with Gasteiger partial charge in [-0.25, -0.2) is 4.79 Å². The van der Waals surface area contributed by atoms with Gasteiger partial charge in [0.2, 0.25) is 0 Å². The van der Waals surface area contributed by atoms with E-state index in [9.17, 15) is 31.1 Å². The second-order valence-corrected chi connectivity index (χ2v) is 9.34. The number of amides is 1. The number of nitrogens with zero attached hydrogens (tertiary/aromatic N) is 2. The van der Waals surface area contributed by atoms with Crippen LogP contribution in [0, 0.1) is 0 Å². The van der Waals surface area contributed by atoms with Crippen LogP contribution >= 0.6 is 0 Å². The van der Waals surface area contributed by atoms with Crippen LogP contribution in [0.25, 0.3) is 0 Å². The molecule has 3 rings (SSSR count). The second-order valence-electron chi connectivity index (χ2n) is 9.34. The van der Waals surface area contributed by atoms with Crippen molar-refractivity contribution in [2.24, 2.45) is 0 Å². The molecule has 11 heteroatoms. The molecule has 1 aliphatic heterocycles. The number of piperidine rings is 1. The summed E-state index contributed by atoms with van der Waals surface area (Å²) in [5, 5.41) is 0. The molecule has 2 heterocycles. The van der Waals surface area contributed by atoms with Gasteiger partial charge in [-0.3, -0.25) is 4.98 Å². The number of aromatic nitrogens is 1. The lowest BCUT2D eigenvalue weighted by Crippen LogP contribution is -2.47. The third kappa shape index (κ3) is 7.33. The molecule has 192 valence electrons. The third-order valence-corrected chi connectivity index (χ3v) is 5.38. The Hall–Kier alpha value is -2.82. The molecule has 0 N–H and O–H groups in total. The van der Waals surface area contributed by atoms with Gasteiger partial charge in [0.05, 0.1) is 23.8 Å². The summed E-state index contributed by atoms with van der Waals surface area (Å²) in [5.41, 5.74) is -3.16. The van der Waals surface area contributed by atoms with Crippen LogP contribution < -0.4 is 0 Å². The van der Waals surface area contributed by atoms with Crippen LogP contribution in [0.1, 0.15) is 55.5 Å². The molecule has 1 fully saturated rings. The van der Waals surface area contributed by atoms with Crippen molar-refractivity contribution >= 4 is 6.09 Å². The maximum absolute atomic E-state index is 13.2. The Morgan fingerprint density at radius 3 is 2.17 bits per heavy atom. The van der Waals surface area contributed by atoms with Crippen LogP contribution in [0.15, 0.2) is 42.6 Å². The topological polar surface area (TPSA) is 51.7 Å². The fourth-order valence-corrected chi connectivity index (χ4v) is 3.81. The van der Waals surface area contributed by atoms with E-state index in [2.05, 4.69) is 4.98 Å². The molecule has 0 spiro atoms. The van der Waals surface area contributed by atoms with Crippen molar-refractivity contribution in [1.82, 2.24) is 9.88 Å². The van der Waals surface area contributed by atoms with Crippen molar-refractivity contribution in [2.75, 3.05) is 13.1 Å². The fourth-order valence-electron chi connectivity index (χ4n) is 3.81. The molecule has 1 aromatic carbocycles. The number of benzene rings is 1. The lowest BCUT2D eigenvalue weighted by Gasteiger charge is -2.38. The maximum atomic E-state index is 13.2. The first-order valence-electron chi connectivity index (χ1n) is 10.9. The highest BCUT2D eigenvalue weighted by molar-refractivity contribution is 5.68. The van der Waals surface area contributed by atoms with E-state index in [1.54, 1.807) is 45.2 Å². The molecule has 0 bridgehead atoms. The van der Waals surface area contributed by atoms with Crippen LogP contribution in [0.2, 0.25) is 0 Å². The first-order chi connectivity index (χ1) is 16.1. The van der Waals surface area contributed by atoms with Crippen LogP contribution in [0.4, 0.5) is 31.1 Å². The standard InChI is InChI=1S/C24H26F6N2O3/c1-22(2,3)35-21(33)32-9-7-20(18(13-32)19-6-4-5-8-31-19)34-14-15-10-16(23(25,26)27)12-17(11-15)24(28,29)30/h4-6,8,10-12,18,20H,7,9,13-14H2,1-3H3. The predicted molar refractivity (Wildman–Crippen MR) is 114 cm³/mol. The van der Waals surface area contributed by atoms with Crippen LogP contribution in [-0.2, 0) is 28.4 Å². The molecule has 2 unspecified atom stereocenters. The first-order valence-corrected chi connectivity index (χ1v) is 10.9. The van der Waals surface area contributed by atoms with Gasteiger partial charge in [0.25, 0.3) is 0 Å². The Morgan fingerprint density at radius 2 is 1.66 bits per heavy atom. The van der Waals surface area contributed by atoms with Crippen molar-refractivity contribution in [3.8, 4) is 0 Å². The van der Waals surface area contributed by atoms with E-state index in [0.29, 0.717) is 24.2 Å². The summed E-state index contributed by atoms with van der Waals surface area (Å²) in [6.07, 6.45) is -9.14. The average molecular weight is 504 g/mol. The van der Waals surface area contributed by atoms with Gasteiger partial charge in [-0.2, -0.15) is 26.3 Å². The fraction of sp³-hybridized carbons (Fsp3) is 0.500. The summed E-state index contributed by atoms with van der Waals surface area (Å²) in [6, 6.07) is 6.57. The van der Waals surface area contributed by atoms with Crippen molar-refractivity contribution in [1.29, 1.82) is 0 Å². The number of likely N-dealkylation sites (tertiary alicyclic amines) is 1. The minimum Gasteiger partial charge on any atom is -0.444 e. The molecule has 0 radical (unpaired) electrons. The number of rotatable bonds is 4. The molecule has 2 aromatic rings. The van der Waals surface area contributed by atoms with Gasteiger partial charge < -0.3 is 14.4 Å². The van der Waals surface area contributed by atoms with Gasteiger partial charge in [-0.05, 0) is 63.1 Å². The quantitative estimate of drug-likeness (QED) is 0.451. The van der Waals surface area contributed by atoms with Crippen molar-refractivity contribution in [3.05, 3.63) is 65.0 Å². The smallest absolute Gasteiger partial charge is 0.416 e. The molecular weight excluding hydrogens is 478 g/mol. The number of halogens is 6. The molecule has 0 saturated carbocycles. The van der Waals surface area contributed by atoms with E-state index in [4.69, 9.17) is 9.47 Å². The predicted octanol–water partition coefficient (Wildman–Crippen LogP) is 6.43. The van der Waals surface area contributed by atoms with Gasteiger partial charge in [0.15, 0.2) is 0 Å². The maximum Gasteiger partial charge on any atom is 0.416 e. The Balaban J connectivity index is 1.82. The number of alkyl halides is 6. The van der Waals surface area contributed by atoms with Gasteiger partial charge in [-0.1, -0.05) is 6.07 Å². The number of carbonyl (C=O) groups is 1.